The van der Waals surface area contributed by atoms with Crippen LogP contribution in [-0.2, 0) is 4.79 Å². The largest absolute Gasteiger partial charge is 0.385 e. The second kappa shape index (κ2) is 7.93. The van der Waals surface area contributed by atoms with Crippen molar-refractivity contribution in [3.63, 3.8) is 0 Å². The van der Waals surface area contributed by atoms with E-state index in [-0.39, 0.29) is 5.91 Å². The zero-order chi connectivity index (χ0) is 14.2. The van der Waals surface area contributed by atoms with E-state index < -0.39 is 0 Å². The van der Waals surface area contributed by atoms with Gasteiger partial charge in [-0.25, -0.2) is 0 Å². The fourth-order valence-electron chi connectivity index (χ4n) is 2.82. The molecule has 0 heterocycles. The molecule has 1 amide bonds. The first-order valence-corrected chi connectivity index (χ1v) is 7.91. The minimum Gasteiger partial charge on any atom is -0.385 e. The van der Waals surface area contributed by atoms with Crippen molar-refractivity contribution in [2.24, 2.45) is 5.92 Å². The lowest BCUT2D eigenvalue weighted by Crippen LogP contribution is -2.12. The maximum Gasteiger partial charge on any atom is 0.224 e. The Morgan fingerprint density at radius 1 is 1.10 bits per heavy atom. The molecule has 110 valence electrons. The minimum atomic E-state index is 0.0583. The standard InChI is InChI=1S/C17H26N2O/c1-2-17(20)19-16-10-8-15(9-11-16)18-13-12-14-6-4-3-5-7-14/h8-11,14,18H,2-7,12-13H2,1H3,(H,19,20). The van der Waals surface area contributed by atoms with Gasteiger partial charge in [-0.1, -0.05) is 39.0 Å². The number of rotatable bonds is 6. The van der Waals surface area contributed by atoms with Crippen LogP contribution in [0.2, 0.25) is 0 Å². The first-order valence-electron chi connectivity index (χ1n) is 7.91. The van der Waals surface area contributed by atoms with Crippen molar-refractivity contribution in [2.45, 2.75) is 51.9 Å². The fourth-order valence-corrected chi connectivity index (χ4v) is 2.82. The Kier molecular flexibility index (Phi) is 5.90. The molecule has 3 nitrogen and oxygen atoms in total. The summed E-state index contributed by atoms with van der Waals surface area (Å²) in [6.07, 6.45) is 8.85. The Balaban J connectivity index is 1.71. The molecule has 1 aromatic carbocycles. The summed E-state index contributed by atoms with van der Waals surface area (Å²) >= 11 is 0. The van der Waals surface area contributed by atoms with E-state index in [4.69, 9.17) is 0 Å². The normalized spacial score (nSPS) is 15.8. The molecule has 0 spiro atoms. The summed E-state index contributed by atoms with van der Waals surface area (Å²) in [6.45, 7) is 2.90. The van der Waals surface area contributed by atoms with E-state index in [1.165, 1.54) is 38.5 Å². The molecule has 1 fully saturated rings. The van der Waals surface area contributed by atoms with Gasteiger partial charge in [0.1, 0.15) is 0 Å². The second-order valence-corrected chi connectivity index (χ2v) is 5.70. The summed E-state index contributed by atoms with van der Waals surface area (Å²) in [5, 5.41) is 6.33. The highest BCUT2D eigenvalue weighted by Crippen LogP contribution is 2.26. The third-order valence-electron chi connectivity index (χ3n) is 4.10. The van der Waals surface area contributed by atoms with Crippen molar-refractivity contribution in [2.75, 3.05) is 17.2 Å². The Morgan fingerprint density at radius 3 is 2.40 bits per heavy atom. The molecule has 3 heteroatoms. The van der Waals surface area contributed by atoms with Crippen LogP contribution in [0.3, 0.4) is 0 Å². The van der Waals surface area contributed by atoms with Gasteiger partial charge in [-0.15, -0.1) is 0 Å². The van der Waals surface area contributed by atoms with E-state index in [1.54, 1.807) is 0 Å². The predicted molar refractivity (Wildman–Crippen MR) is 85.0 cm³/mol. The van der Waals surface area contributed by atoms with Gasteiger partial charge in [0.2, 0.25) is 5.91 Å². The zero-order valence-electron chi connectivity index (χ0n) is 12.5. The van der Waals surface area contributed by atoms with E-state index in [1.807, 2.05) is 31.2 Å². The van der Waals surface area contributed by atoms with Crippen LogP contribution in [0, 0.1) is 5.92 Å². The Hall–Kier alpha value is -1.51. The van der Waals surface area contributed by atoms with Gasteiger partial charge < -0.3 is 10.6 Å². The summed E-state index contributed by atoms with van der Waals surface area (Å²) in [7, 11) is 0. The Labute approximate surface area is 122 Å². The molecule has 0 radical (unpaired) electrons. The van der Waals surface area contributed by atoms with E-state index in [2.05, 4.69) is 10.6 Å². The molecule has 0 bridgehead atoms. The number of benzene rings is 1. The summed E-state index contributed by atoms with van der Waals surface area (Å²) < 4.78 is 0. The quantitative estimate of drug-likeness (QED) is 0.806. The Morgan fingerprint density at radius 2 is 1.75 bits per heavy atom. The average Bonchev–Trinajstić information content (AvgIpc) is 2.50. The van der Waals surface area contributed by atoms with E-state index in [0.29, 0.717) is 6.42 Å². The second-order valence-electron chi connectivity index (χ2n) is 5.70. The van der Waals surface area contributed by atoms with Gasteiger partial charge in [0.15, 0.2) is 0 Å². The lowest BCUT2D eigenvalue weighted by atomic mass is 9.87. The molecule has 2 rings (SSSR count). The highest BCUT2D eigenvalue weighted by atomic mass is 16.1. The van der Waals surface area contributed by atoms with Gasteiger partial charge in [0.25, 0.3) is 0 Å². The SMILES string of the molecule is CCC(=O)Nc1ccc(NCCC2CCCCC2)cc1. The van der Waals surface area contributed by atoms with Crippen LogP contribution >= 0.6 is 0 Å². The number of hydrogen-bond acceptors (Lipinski definition) is 2. The third-order valence-corrected chi connectivity index (χ3v) is 4.10. The number of anilines is 2. The number of nitrogens with one attached hydrogen (secondary N) is 2. The molecule has 0 aromatic heterocycles. The number of hydrogen-bond donors (Lipinski definition) is 2. The van der Waals surface area contributed by atoms with Crippen LogP contribution in [0.15, 0.2) is 24.3 Å². The van der Waals surface area contributed by atoms with Crippen molar-refractivity contribution in [1.82, 2.24) is 0 Å². The van der Waals surface area contributed by atoms with Crippen molar-refractivity contribution < 1.29 is 4.79 Å². The van der Waals surface area contributed by atoms with Crippen LogP contribution in [0.1, 0.15) is 51.9 Å². The highest BCUT2D eigenvalue weighted by Gasteiger charge is 2.12. The third kappa shape index (κ3) is 4.87. The molecule has 0 aliphatic heterocycles. The molecule has 20 heavy (non-hydrogen) atoms. The molecular formula is C17H26N2O. The van der Waals surface area contributed by atoms with Crippen molar-refractivity contribution in [3.8, 4) is 0 Å². The molecule has 0 atom stereocenters. The number of carbonyl (C=O) groups excluding carboxylic acids is 1. The number of carbonyl (C=O) groups is 1. The first kappa shape index (κ1) is 14.9. The minimum absolute atomic E-state index is 0.0583. The van der Waals surface area contributed by atoms with Crippen molar-refractivity contribution in [3.05, 3.63) is 24.3 Å². The average molecular weight is 274 g/mol. The van der Waals surface area contributed by atoms with Gasteiger partial charge >= 0.3 is 0 Å². The monoisotopic (exact) mass is 274 g/mol. The lowest BCUT2D eigenvalue weighted by molar-refractivity contribution is -0.115. The molecule has 1 saturated carbocycles. The first-order chi connectivity index (χ1) is 9.78. The van der Waals surface area contributed by atoms with Gasteiger partial charge in [-0.3, -0.25) is 4.79 Å². The molecule has 0 unspecified atom stereocenters. The Bertz CT molecular complexity index is 408. The van der Waals surface area contributed by atoms with Crippen LogP contribution < -0.4 is 10.6 Å². The van der Waals surface area contributed by atoms with E-state index in [0.717, 1.165) is 23.8 Å². The van der Waals surface area contributed by atoms with Crippen LogP contribution in [0.25, 0.3) is 0 Å². The van der Waals surface area contributed by atoms with Crippen LogP contribution in [-0.4, -0.2) is 12.5 Å². The van der Waals surface area contributed by atoms with Crippen LogP contribution in [0.5, 0.6) is 0 Å². The van der Waals surface area contributed by atoms with Gasteiger partial charge in [-0.2, -0.15) is 0 Å². The summed E-state index contributed by atoms with van der Waals surface area (Å²) in [5.74, 6) is 0.974. The summed E-state index contributed by atoms with van der Waals surface area (Å²) in [5.41, 5.74) is 2.00. The molecule has 2 N–H and O–H groups in total. The smallest absolute Gasteiger partial charge is 0.224 e. The van der Waals surface area contributed by atoms with Crippen LogP contribution in [0.4, 0.5) is 11.4 Å². The van der Waals surface area contributed by atoms with E-state index >= 15 is 0 Å². The zero-order valence-corrected chi connectivity index (χ0v) is 12.5. The maximum atomic E-state index is 11.3. The maximum absolute atomic E-state index is 11.3. The lowest BCUT2D eigenvalue weighted by Gasteiger charge is -2.21. The molecule has 0 saturated heterocycles. The van der Waals surface area contributed by atoms with E-state index in [9.17, 15) is 4.79 Å². The summed E-state index contributed by atoms with van der Waals surface area (Å²) in [6, 6.07) is 7.98. The predicted octanol–water partition coefficient (Wildman–Crippen LogP) is 4.42. The number of amides is 1. The molecule has 1 aromatic rings. The van der Waals surface area contributed by atoms with Gasteiger partial charge in [-0.05, 0) is 36.6 Å². The molecule has 1 aliphatic carbocycles. The molecule has 1 aliphatic rings. The molecular weight excluding hydrogens is 248 g/mol. The highest BCUT2D eigenvalue weighted by molar-refractivity contribution is 5.90. The summed E-state index contributed by atoms with van der Waals surface area (Å²) in [4.78, 5) is 11.3. The fraction of sp³-hybridized carbons (Fsp3) is 0.588. The van der Waals surface area contributed by atoms with Crippen molar-refractivity contribution >= 4 is 17.3 Å². The topological polar surface area (TPSA) is 41.1 Å². The van der Waals surface area contributed by atoms with Crippen molar-refractivity contribution in [1.29, 1.82) is 0 Å². The van der Waals surface area contributed by atoms with Gasteiger partial charge in [0, 0.05) is 24.3 Å². The van der Waals surface area contributed by atoms with Gasteiger partial charge in [0.05, 0.1) is 0 Å².